The number of unbranched alkanes of at least 4 members (excludes halogenated alkanes) is 1. The molecule has 0 amide bonds. The Labute approximate surface area is 150 Å². The summed E-state index contributed by atoms with van der Waals surface area (Å²) in [5.74, 6) is 1.50. The van der Waals surface area contributed by atoms with Crippen LogP contribution >= 0.6 is 0 Å². The molecule has 0 radical (unpaired) electrons. The number of piperidine rings is 1. The third-order valence-corrected chi connectivity index (χ3v) is 5.17. The Hall–Kier alpha value is -1.81. The van der Waals surface area contributed by atoms with Gasteiger partial charge in [0, 0.05) is 35.2 Å². The highest BCUT2D eigenvalue weighted by Crippen LogP contribution is 2.21. The Kier molecular flexibility index (Phi) is 5.79. The van der Waals surface area contributed by atoms with Gasteiger partial charge in [0.2, 0.25) is 0 Å². The van der Waals surface area contributed by atoms with E-state index in [1.54, 1.807) is 0 Å². The number of hydrogen-bond acceptors (Lipinski definition) is 3. The molecular weight excluding hydrogens is 312 g/mol. The number of fused-ring (bicyclic) bond motifs is 1. The second kappa shape index (κ2) is 8.05. The molecule has 25 heavy (non-hydrogen) atoms. The number of aromatic amines is 1. The largest absolute Gasteiger partial charge is 0.494 e. The molecule has 0 spiro atoms. The smallest absolute Gasteiger partial charge is 0.194 e. The van der Waals surface area contributed by atoms with Gasteiger partial charge in [-0.2, -0.15) is 0 Å². The van der Waals surface area contributed by atoms with Crippen LogP contribution in [0.4, 0.5) is 0 Å². The lowest BCUT2D eigenvalue weighted by atomic mass is 9.99. The number of pyridine rings is 1. The van der Waals surface area contributed by atoms with Gasteiger partial charge < -0.3 is 9.72 Å². The summed E-state index contributed by atoms with van der Waals surface area (Å²) < 4.78 is 5.78. The predicted octanol–water partition coefficient (Wildman–Crippen LogP) is 4.25. The fraction of sp³-hybridized carbons (Fsp3) is 0.571. The molecule has 2 aromatic rings. The van der Waals surface area contributed by atoms with Crippen molar-refractivity contribution >= 4 is 10.9 Å². The molecule has 1 saturated heterocycles. The van der Waals surface area contributed by atoms with Crippen LogP contribution in [0, 0.1) is 12.8 Å². The number of aryl methyl sites for hydroxylation is 1. The Morgan fingerprint density at radius 2 is 2.20 bits per heavy atom. The lowest BCUT2D eigenvalue weighted by Gasteiger charge is -2.31. The quantitative estimate of drug-likeness (QED) is 0.798. The third kappa shape index (κ3) is 4.24. The zero-order valence-corrected chi connectivity index (χ0v) is 15.7. The van der Waals surface area contributed by atoms with E-state index in [4.69, 9.17) is 4.74 Å². The van der Waals surface area contributed by atoms with E-state index in [-0.39, 0.29) is 5.43 Å². The number of H-pyrrole nitrogens is 1. The molecule has 4 nitrogen and oxygen atoms in total. The predicted molar refractivity (Wildman–Crippen MR) is 103 cm³/mol. The van der Waals surface area contributed by atoms with Crippen LogP contribution in [0.1, 0.15) is 50.8 Å². The topological polar surface area (TPSA) is 45.3 Å². The van der Waals surface area contributed by atoms with E-state index in [1.807, 2.05) is 25.1 Å². The van der Waals surface area contributed by atoms with Crippen molar-refractivity contribution in [2.45, 2.75) is 53.0 Å². The SMILES string of the molecule is CCCCOc1ccc2[nH]c(C)c(CN3CCC[C@@H](C)C3)c(=O)c2c1. The normalized spacial score (nSPS) is 18.6. The second-order valence-electron chi connectivity index (χ2n) is 7.45. The maximum atomic E-state index is 13.1. The van der Waals surface area contributed by atoms with Crippen molar-refractivity contribution in [1.82, 2.24) is 9.88 Å². The van der Waals surface area contributed by atoms with Gasteiger partial charge in [-0.05, 0) is 56.8 Å². The summed E-state index contributed by atoms with van der Waals surface area (Å²) >= 11 is 0. The number of ether oxygens (including phenoxy) is 1. The van der Waals surface area contributed by atoms with E-state index in [1.165, 1.54) is 12.8 Å². The molecule has 4 heteroatoms. The first-order valence-electron chi connectivity index (χ1n) is 9.59. The zero-order valence-electron chi connectivity index (χ0n) is 15.7. The molecule has 1 aromatic carbocycles. The van der Waals surface area contributed by atoms with Crippen LogP contribution in [0.3, 0.4) is 0 Å². The van der Waals surface area contributed by atoms with E-state index in [0.29, 0.717) is 12.5 Å². The van der Waals surface area contributed by atoms with Crippen molar-refractivity contribution in [3.8, 4) is 5.75 Å². The summed E-state index contributed by atoms with van der Waals surface area (Å²) in [7, 11) is 0. The number of benzene rings is 1. The van der Waals surface area contributed by atoms with Crippen LogP contribution in [0.5, 0.6) is 5.75 Å². The average molecular weight is 342 g/mol. The van der Waals surface area contributed by atoms with Crippen LogP contribution in [-0.4, -0.2) is 29.6 Å². The Morgan fingerprint density at radius 1 is 1.36 bits per heavy atom. The van der Waals surface area contributed by atoms with Crippen molar-refractivity contribution in [1.29, 1.82) is 0 Å². The van der Waals surface area contributed by atoms with Gasteiger partial charge in [0.1, 0.15) is 5.75 Å². The number of likely N-dealkylation sites (tertiary alicyclic amines) is 1. The molecule has 1 fully saturated rings. The van der Waals surface area contributed by atoms with Gasteiger partial charge in [0.15, 0.2) is 5.43 Å². The summed E-state index contributed by atoms with van der Waals surface area (Å²) in [6.45, 7) is 10.1. The fourth-order valence-electron chi connectivity index (χ4n) is 3.70. The second-order valence-corrected chi connectivity index (χ2v) is 7.45. The first-order chi connectivity index (χ1) is 12.1. The molecule has 1 aromatic heterocycles. The molecule has 1 atom stereocenters. The minimum Gasteiger partial charge on any atom is -0.494 e. The van der Waals surface area contributed by atoms with Crippen LogP contribution < -0.4 is 10.2 Å². The summed E-state index contributed by atoms with van der Waals surface area (Å²) in [4.78, 5) is 18.9. The molecule has 0 unspecified atom stereocenters. The van der Waals surface area contributed by atoms with E-state index in [9.17, 15) is 4.79 Å². The fourth-order valence-corrected chi connectivity index (χ4v) is 3.70. The standard InChI is InChI=1S/C21H30N2O2/c1-4-5-11-25-17-8-9-20-18(12-17)21(24)19(16(3)22-20)14-23-10-6-7-15(2)13-23/h8-9,12,15H,4-7,10-11,13-14H2,1-3H3,(H,22,24)/t15-/m1/s1. The molecule has 0 saturated carbocycles. The number of aromatic nitrogens is 1. The molecule has 0 bridgehead atoms. The van der Waals surface area contributed by atoms with Crippen molar-refractivity contribution in [2.24, 2.45) is 5.92 Å². The molecule has 0 aliphatic carbocycles. The van der Waals surface area contributed by atoms with Gasteiger partial charge in [-0.1, -0.05) is 20.3 Å². The Bertz CT molecular complexity index is 781. The zero-order chi connectivity index (χ0) is 17.8. The van der Waals surface area contributed by atoms with Crippen LogP contribution in [-0.2, 0) is 6.54 Å². The Morgan fingerprint density at radius 3 is 2.96 bits per heavy atom. The summed E-state index contributed by atoms with van der Waals surface area (Å²) in [5, 5.41) is 0.736. The van der Waals surface area contributed by atoms with Crippen LogP contribution in [0.2, 0.25) is 0 Å². The van der Waals surface area contributed by atoms with Gasteiger partial charge in [-0.15, -0.1) is 0 Å². The van der Waals surface area contributed by atoms with Gasteiger partial charge in [-0.25, -0.2) is 0 Å². The van der Waals surface area contributed by atoms with Gasteiger partial charge >= 0.3 is 0 Å². The Balaban J connectivity index is 1.88. The molecular formula is C21H30N2O2. The highest BCUT2D eigenvalue weighted by molar-refractivity contribution is 5.81. The van der Waals surface area contributed by atoms with Crippen molar-refractivity contribution in [3.05, 3.63) is 39.7 Å². The van der Waals surface area contributed by atoms with E-state index in [2.05, 4.69) is 23.7 Å². The summed E-state index contributed by atoms with van der Waals surface area (Å²) in [5.41, 5.74) is 2.91. The van der Waals surface area contributed by atoms with Crippen LogP contribution in [0.25, 0.3) is 10.9 Å². The molecule has 1 aliphatic heterocycles. The highest BCUT2D eigenvalue weighted by atomic mass is 16.5. The highest BCUT2D eigenvalue weighted by Gasteiger charge is 2.19. The molecule has 2 heterocycles. The van der Waals surface area contributed by atoms with E-state index >= 15 is 0 Å². The van der Waals surface area contributed by atoms with Crippen molar-refractivity contribution in [2.75, 3.05) is 19.7 Å². The average Bonchev–Trinajstić information content (AvgIpc) is 2.59. The van der Waals surface area contributed by atoms with Gasteiger partial charge in [0.05, 0.1) is 6.61 Å². The minimum absolute atomic E-state index is 0.144. The lowest BCUT2D eigenvalue weighted by Crippen LogP contribution is -2.35. The lowest BCUT2D eigenvalue weighted by molar-refractivity contribution is 0.176. The van der Waals surface area contributed by atoms with Gasteiger partial charge in [-0.3, -0.25) is 9.69 Å². The first kappa shape index (κ1) is 18.0. The van der Waals surface area contributed by atoms with Crippen LogP contribution in [0.15, 0.2) is 23.0 Å². The summed E-state index contributed by atoms with van der Waals surface area (Å²) in [6, 6.07) is 5.79. The van der Waals surface area contributed by atoms with E-state index < -0.39 is 0 Å². The number of nitrogens with zero attached hydrogens (tertiary/aromatic N) is 1. The van der Waals surface area contributed by atoms with Gasteiger partial charge in [0.25, 0.3) is 0 Å². The molecule has 1 aliphatic rings. The van der Waals surface area contributed by atoms with Crippen molar-refractivity contribution in [3.63, 3.8) is 0 Å². The van der Waals surface area contributed by atoms with Crippen molar-refractivity contribution < 1.29 is 4.74 Å². The molecule has 1 N–H and O–H groups in total. The number of rotatable bonds is 6. The van der Waals surface area contributed by atoms with E-state index in [0.717, 1.165) is 60.4 Å². The third-order valence-electron chi connectivity index (χ3n) is 5.17. The monoisotopic (exact) mass is 342 g/mol. The maximum Gasteiger partial charge on any atom is 0.194 e. The molecule has 3 rings (SSSR count). The minimum atomic E-state index is 0.144. The summed E-state index contributed by atoms with van der Waals surface area (Å²) in [6.07, 6.45) is 4.65. The first-order valence-corrected chi connectivity index (χ1v) is 9.59. The maximum absolute atomic E-state index is 13.1. The number of nitrogens with one attached hydrogen (secondary N) is 1. The molecule has 136 valence electrons. The number of hydrogen-bond donors (Lipinski definition) is 1.